The van der Waals surface area contributed by atoms with E-state index in [2.05, 4.69) is 10.1 Å². The van der Waals surface area contributed by atoms with Crippen LogP contribution in [0.2, 0.25) is 0 Å². The summed E-state index contributed by atoms with van der Waals surface area (Å²) in [5.74, 6) is 2.31. The number of hydrogen-bond acceptors (Lipinski definition) is 4. The smallest absolute Gasteiger partial charge is 0.257 e. The molecule has 3 rings (SSSR count). The predicted molar refractivity (Wildman–Crippen MR) is 86.7 cm³/mol. The molecule has 23 heavy (non-hydrogen) atoms. The minimum Gasteiger partial charge on any atom is -0.496 e. The number of para-hydroxylation sites is 1. The van der Waals surface area contributed by atoms with E-state index in [4.69, 9.17) is 4.74 Å². The Morgan fingerprint density at radius 1 is 1.30 bits per heavy atom. The van der Waals surface area contributed by atoms with E-state index >= 15 is 0 Å². The Morgan fingerprint density at radius 3 is 2.78 bits per heavy atom. The molecule has 2 aromatic rings. The molecule has 1 aromatic carbocycles. The van der Waals surface area contributed by atoms with Crippen molar-refractivity contribution in [1.29, 1.82) is 0 Å². The van der Waals surface area contributed by atoms with Crippen LogP contribution in [0.3, 0.4) is 0 Å². The van der Waals surface area contributed by atoms with E-state index < -0.39 is 0 Å². The number of aryl methyl sites for hydroxylation is 2. The van der Waals surface area contributed by atoms with E-state index in [-0.39, 0.29) is 11.9 Å². The van der Waals surface area contributed by atoms with Crippen molar-refractivity contribution in [2.75, 3.05) is 20.2 Å². The lowest BCUT2D eigenvalue weighted by atomic mass is 10.0. The van der Waals surface area contributed by atoms with Crippen molar-refractivity contribution in [3.8, 4) is 5.75 Å². The van der Waals surface area contributed by atoms with Crippen molar-refractivity contribution in [3.05, 3.63) is 41.5 Å². The van der Waals surface area contributed by atoms with Crippen LogP contribution in [0.15, 0.2) is 24.3 Å². The molecule has 0 saturated carbocycles. The van der Waals surface area contributed by atoms with Crippen molar-refractivity contribution in [2.45, 2.75) is 32.7 Å². The first-order valence-corrected chi connectivity index (χ1v) is 7.92. The van der Waals surface area contributed by atoms with Gasteiger partial charge < -0.3 is 9.64 Å². The molecule has 6 nitrogen and oxygen atoms in total. The maximum absolute atomic E-state index is 12.8. The number of hydrogen-bond donors (Lipinski definition) is 0. The van der Waals surface area contributed by atoms with E-state index in [1.165, 1.54) is 0 Å². The van der Waals surface area contributed by atoms with Gasteiger partial charge in [-0.15, -0.1) is 0 Å². The number of carbonyl (C=O) groups is 1. The quantitative estimate of drug-likeness (QED) is 0.873. The van der Waals surface area contributed by atoms with Crippen LogP contribution in [0.25, 0.3) is 0 Å². The predicted octanol–water partition coefficient (Wildman–Crippen LogP) is 2.38. The second kappa shape index (κ2) is 6.40. The molecule has 1 aliphatic rings. The van der Waals surface area contributed by atoms with Gasteiger partial charge in [0, 0.05) is 13.1 Å². The van der Waals surface area contributed by atoms with Gasteiger partial charge in [-0.3, -0.25) is 4.79 Å². The van der Waals surface area contributed by atoms with Gasteiger partial charge in [0.2, 0.25) is 0 Å². The zero-order valence-electron chi connectivity index (χ0n) is 13.8. The Balaban J connectivity index is 1.81. The average molecular weight is 314 g/mol. The van der Waals surface area contributed by atoms with Crippen LogP contribution in [0.5, 0.6) is 5.75 Å². The number of piperidine rings is 1. The topological polar surface area (TPSA) is 60.2 Å². The van der Waals surface area contributed by atoms with Crippen LogP contribution in [-0.2, 0) is 0 Å². The number of aromatic nitrogens is 3. The fraction of sp³-hybridized carbons (Fsp3) is 0.471. The molecule has 1 aromatic heterocycles. The summed E-state index contributed by atoms with van der Waals surface area (Å²) in [5, 5.41) is 4.48. The molecule has 0 N–H and O–H groups in total. The Bertz CT molecular complexity index is 710. The summed E-state index contributed by atoms with van der Waals surface area (Å²) < 4.78 is 7.27. The molecule has 0 aliphatic carbocycles. The summed E-state index contributed by atoms with van der Waals surface area (Å²) in [7, 11) is 1.59. The zero-order chi connectivity index (χ0) is 16.4. The number of benzene rings is 1. The molecule has 0 radical (unpaired) electrons. The first-order chi connectivity index (χ1) is 11.1. The largest absolute Gasteiger partial charge is 0.496 e. The number of rotatable bonds is 3. The van der Waals surface area contributed by atoms with Gasteiger partial charge in [-0.2, -0.15) is 5.10 Å². The molecule has 1 fully saturated rings. The number of carbonyl (C=O) groups excluding carboxylic acids is 1. The molecule has 0 unspecified atom stereocenters. The van der Waals surface area contributed by atoms with Gasteiger partial charge in [0.1, 0.15) is 17.4 Å². The molecule has 2 heterocycles. The van der Waals surface area contributed by atoms with Gasteiger partial charge in [-0.25, -0.2) is 9.67 Å². The molecule has 0 bridgehead atoms. The number of nitrogens with zero attached hydrogens (tertiary/aromatic N) is 4. The highest BCUT2D eigenvalue weighted by Gasteiger charge is 2.28. The number of likely N-dealkylation sites (tertiary alicyclic amines) is 1. The summed E-state index contributed by atoms with van der Waals surface area (Å²) in [6.07, 6.45) is 1.98. The fourth-order valence-corrected chi connectivity index (χ4v) is 3.21. The minimum absolute atomic E-state index is 0.0154. The highest BCUT2D eigenvalue weighted by atomic mass is 16.5. The SMILES string of the molecule is COc1ccccc1C(=O)N1CCC[C@@H](n2nc(C)nc2C)C1. The third-order valence-electron chi connectivity index (χ3n) is 4.27. The molecule has 1 amide bonds. The fourth-order valence-electron chi connectivity index (χ4n) is 3.21. The molecule has 6 heteroatoms. The van der Waals surface area contributed by atoms with Crippen molar-refractivity contribution < 1.29 is 9.53 Å². The van der Waals surface area contributed by atoms with Crippen molar-refractivity contribution in [2.24, 2.45) is 0 Å². The second-order valence-electron chi connectivity index (χ2n) is 5.90. The van der Waals surface area contributed by atoms with Crippen LogP contribution in [0.1, 0.15) is 40.9 Å². The van der Waals surface area contributed by atoms with Crippen LogP contribution >= 0.6 is 0 Å². The first kappa shape index (κ1) is 15.5. The molecule has 122 valence electrons. The summed E-state index contributed by atoms with van der Waals surface area (Å²) in [4.78, 5) is 19.1. The molecular weight excluding hydrogens is 292 g/mol. The highest BCUT2D eigenvalue weighted by Crippen LogP contribution is 2.26. The Morgan fingerprint density at radius 2 is 2.09 bits per heavy atom. The highest BCUT2D eigenvalue weighted by molar-refractivity contribution is 5.97. The first-order valence-electron chi connectivity index (χ1n) is 7.92. The molecule has 1 atom stereocenters. The van der Waals surface area contributed by atoms with Crippen LogP contribution in [0, 0.1) is 13.8 Å². The maximum Gasteiger partial charge on any atom is 0.257 e. The maximum atomic E-state index is 12.8. The van der Waals surface area contributed by atoms with Crippen molar-refractivity contribution >= 4 is 5.91 Å². The van der Waals surface area contributed by atoms with E-state index in [1.54, 1.807) is 7.11 Å². The summed E-state index contributed by atoms with van der Waals surface area (Å²) >= 11 is 0. The van der Waals surface area contributed by atoms with Gasteiger partial charge in [-0.1, -0.05) is 12.1 Å². The standard InChI is InChI=1S/C17H22N4O2/c1-12-18-13(2)21(19-12)14-7-6-10-20(11-14)17(22)15-8-4-5-9-16(15)23-3/h4-5,8-9,14H,6-7,10-11H2,1-3H3/t14-/m1/s1. The van der Waals surface area contributed by atoms with E-state index in [9.17, 15) is 4.79 Å². The lowest BCUT2D eigenvalue weighted by Crippen LogP contribution is -2.41. The van der Waals surface area contributed by atoms with E-state index in [1.807, 2.05) is 47.7 Å². The van der Waals surface area contributed by atoms with Gasteiger partial charge >= 0.3 is 0 Å². The summed E-state index contributed by atoms with van der Waals surface area (Å²) in [6, 6.07) is 7.55. The number of amides is 1. The van der Waals surface area contributed by atoms with Crippen molar-refractivity contribution in [3.63, 3.8) is 0 Å². The average Bonchev–Trinajstić information content (AvgIpc) is 2.92. The van der Waals surface area contributed by atoms with Crippen LogP contribution in [-0.4, -0.2) is 45.8 Å². The third-order valence-corrected chi connectivity index (χ3v) is 4.27. The van der Waals surface area contributed by atoms with E-state index in [0.29, 0.717) is 17.9 Å². The Hall–Kier alpha value is -2.37. The molecule has 1 saturated heterocycles. The monoisotopic (exact) mass is 314 g/mol. The van der Waals surface area contributed by atoms with Crippen molar-refractivity contribution in [1.82, 2.24) is 19.7 Å². The minimum atomic E-state index is 0.0154. The van der Waals surface area contributed by atoms with Gasteiger partial charge in [0.15, 0.2) is 0 Å². The third kappa shape index (κ3) is 3.06. The summed E-state index contributed by atoms with van der Waals surface area (Å²) in [6.45, 7) is 5.27. The summed E-state index contributed by atoms with van der Waals surface area (Å²) in [5.41, 5.74) is 0.613. The van der Waals surface area contributed by atoms with E-state index in [0.717, 1.165) is 31.0 Å². The molecule has 1 aliphatic heterocycles. The Labute approximate surface area is 136 Å². The number of ether oxygens (including phenoxy) is 1. The van der Waals surface area contributed by atoms with Crippen LogP contribution in [0.4, 0.5) is 0 Å². The normalized spacial score (nSPS) is 18.0. The number of methoxy groups -OCH3 is 1. The van der Waals surface area contributed by atoms with Gasteiger partial charge in [0.05, 0.1) is 18.7 Å². The van der Waals surface area contributed by atoms with Crippen LogP contribution < -0.4 is 4.74 Å². The van der Waals surface area contributed by atoms with Gasteiger partial charge in [0.25, 0.3) is 5.91 Å². The Kier molecular flexibility index (Phi) is 4.32. The lowest BCUT2D eigenvalue weighted by molar-refractivity contribution is 0.0668. The molecular formula is C17H22N4O2. The van der Waals surface area contributed by atoms with Gasteiger partial charge in [-0.05, 0) is 38.8 Å². The lowest BCUT2D eigenvalue weighted by Gasteiger charge is -2.33. The second-order valence-corrected chi connectivity index (χ2v) is 5.90. The zero-order valence-corrected chi connectivity index (χ0v) is 13.8. The molecule has 0 spiro atoms.